The van der Waals surface area contributed by atoms with Crippen molar-refractivity contribution in [3.63, 3.8) is 0 Å². The first-order valence-corrected chi connectivity index (χ1v) is 14.0. The Morgan fingerprint density at radius 2 is 1.79 bits per heavy atom. The number of amides is 1. The number of carbonyl (C=O) groups is 2. The summed E-state index contributed by atoms with van der Waals surface area (Å²) in [5, 5.41) is 14.5. The van der Waals surface area contributed by atoms with Gasteiger partial charge in [0, 0.05) is 32.1 Å². The lowest BCUT2D eigenvalue weighted by atomic mass is 9.94. The highest BCUT2D eigenvalue weighted by Gasteiger charge is 2.23. The fourth-order valence-electron chi connectivity index (χ4n) is 5.12. The smallest absolute Gasteiger partial charge is 0.313 e. The molecule has 3 aromatic rings. The molecule has 0 bridgehead atoms. The molecular formula is C30H38ClN3O5. The predicted octanol–water partition coefficient (Wildman–Crippen LogP) is 4.23. The summed E-state index contributed by atoms with van der Waals surface area (Å²) in [5.74, 6) is -0.903. The van der Waals surface area contributed by atoms with Crippen molar-refractivity contribution in [1.82, 2.24) is 14.8 Å². The second kappa shape index (κ2) is 13.4. The van der Waals surface area contributed by atoms with E-state index in [9.17, 15) is 14.7 Å². The Morgan fingerprint density at radius 1 is 1.10 bits per heavy atom. The monoisotopic (exact) mass is 555 g/mol. The zero-order chi connectivity index (χ0) is 27.9. The third-order valence-corrected chi connectivity index (χ3v) is 7.75. The molecule has 0 spiro atoms. The van der Waals surface area contributed by atoms with Gasteiger partial charge in [0.25, 0.3) is 5.91 Å². The SMILES string of the molecule is CCOC(=O)C(CC)c1ccc([C@@H](CO)NC(=O)c2cc3c(Cl)cc(CCN4CCOCC4)cc3n2C)cc1. The minimum absolute atomic E-state index is 0.251. The normalized spacial score (nSPS) is 15.7. The molecule has 0 saturated carbocycles. The summed E-state index contributed by atoms with van der Waals surface area (Å²) in [4.78, 5) is 28.0. The summed E-state index contributed by atoms with van der Waals surface area (Å²) in [5.41, 5.74) is 4.06. The Labute approximate surface area is 234 Å². The standard InChI is InChI=1S/C30H38ClN3O5/c1-4-23(30(37)39-5-2)21-6-8-22(9-7-21)26(19-35)32-29(36)28-18-24-25(31)16-20(17-27(24)33(28)3)10-11-34-12-14-38-15-13-34/h6-9,16-18,23,26,35H,4-5,10-15,19H2,1-3H3,(H,32,36)/t23?,26-/m1/s1. The molecule has 39 heavy (non-hydrogen) atoms. The van der Waals surface area contributed by atoms with Crippen LogP contribution in [0.2, 0.25) is 5.02 Å². The molecule has 1 aliphatic rings. The van der Waals surface area contributed by atoms with Crippen LogP contribution in [-0.2, 0) is 27.7 Å². The van der Waals surface area contributed by atoms with E-state index in [-0.39, 0.29) is 24.4 Å². The van der Waals surface area contributed by atoms with E-state index in [1.807, 2.05) is 48.9 Å². The highest BCUT2D eigenvalue weighted by Crippen LogP contribution is 2.29. The van der Waals surface area contributed by atoms with Crippen LogP contribution in [0, 0.1) is 0 Å². The summed E-state index contributed by atoms with van der Waals surface area (Å²) in [6.45, 7) is 8.13. The average Bonchev–Trinajstić information content (AvgIpc) is 3.29. The molecule has 0 aliphatic carbocycles. The molecule has 210 valence electrons. The van der Waals surface area contributed by atoms with Crippen LogP contribution in [0.25, 0.3) is 10.9 Å². The summed E-state index contributed by atoms with van der Waals surface area (Å²) in [6.07, 6.45) is 1.48. The van der Waals surface area contributed by atoms with Crippen LogP contribution in [0.15, 0.2) is 42.5 Å². The quantitative estimate of drug-likeness (QED) is 0.344. The van der Waals surface area contributed by atoms with Crippen molar-refractivity contribution >= 4 is 34.4 Å². The number of rotatable bonds is 11. The fourth-order valence-corrected chi connectivity index (χ4v) is 5.42. The largest absolute Gasteiger partial charge is 0.466 e. The summed E-state index contributed by atoms with van der Waals surface area (Å²) < 4.78 is 12.5. The summed E-state index contributed by atoms with van der Waals surface area (Å²) in [7, 11) is 1.85. The van der Waals surface area contributed by atoms with Gasteiger partial charge in [-0.15, -0.1) is 0 Å². The Balaban J connectivity index is 1.48. The van der Waals surface area contributed by atoms with Gasteiger partial charge in [0.2, 0.25) is 0 Å². The summed E-state index contributed by atoms with van der Waals surface area (Å²) >= 11 is 6.65. The number of ether oxygens (including phenoxy) is 2. The van der Waals surface area contributed by atoms with Gasteiger partial charge in [0.05, 0.1) is 48.9 Å². The number of halogens is 1. The molecule has 2 N–H and O–H groups in total. The Morgan fingerprint density at radius 3 is 2.44 bits per heavy atom. The number of aromatic nitrogens is 1. The molecular weight excluding hydrogens is 518 g/mol. The molecule has 9 heteroatoms. The van der Waals surface area contributed by atoms with Gasteiger partial charge in [-0.3, -0.25) is 14.5 Å². The van der Waals surface area contributed by atoms with Gasteiger partial charge in [-0.1, -0.05) is 42.8 Å². The second-order valence-corrected chi connectivity index (χ2v) is 10.3. The van der Waals surface area contributed by atoms with Crippen molar-refractivity contribution in [2.24, 2.45) is 7.05 Å². The number of esters is 1. The van der Waals surface area contributed by atoms with E-state index in [4.69, 9.17) is 21.1 Å². The Kier molecular flexibility index (Phi) is 10.0. The highest BCUT2D eigenvalue weighted by molar-refractivity contribution is 6.35. The van der Waals surface area contributed by atoms with E-state index in [1.54, 1.807) is 13.0 Å². The number of hydrogen-bond donors (Lipinski definition) is 2. The lowest BCUT2D eigenvalue weighted by Gasteiger charge is -2.26. The first-order valence-electron chi connectivity index (χ1n) is 13.6. The van der Waals surface area contributed by atoms with E-state index < -0.39 is 6.04 Å². The molecule has 2 aromatic carbocycles. The fraction of sp³-hybridized carbons (Fsp3) is 0.467. The lowest BCUT2D eigenvalue weighted by molar-refractivity contribution is -0.145. The van der Waals surface area contributed by atoms with Gasteiger partial charge in [0.1, 0.15) is 5.69 Å². The van der Waals surface area contributed by atoms with E-state index in [1.165, 1.54) is 0 Å². The van der Waals surface area contributed by atoms with Gasteiger partial charge in [-0.05, 0) is 54.7 Å². The third kappa shape index (κ3) is 6.81. The van der Waals surface area contributed by atoms with E-state index in [2.05, 4.69) is 16.3 Å². The van der Waals surface area contributed by atoms with Crippen LogP contribution < -0.4 is 5.32 Å². The average molecular weight is 556 g/mol. The number of nitrogens with one attached hydrogen (secondary N) is 1. The maximum absolute atomic E-state index is 13.3. The summed E-state index contributed by atoms with van der Waals surface area (Å²) in [6, 6.07) is 12.6. The van der Waals surface area contributed by atoms with Crippen LogP contribution in [0.3, 0.4) is 0 Å². The van der Waals surface area contributed by atoms with E-state index in [0.29, 0.717) is 23.7 Å². The van der Waals surface area contributed by atoms with Gasteiger partial charge >= 0.3 is 5.97 Å². The van der Waals surface area contributed by atoms with Crippen LogP contribution >= 0.6 is 11.6 Å². The number of fused-ring (bicyclic) bond motifs is 1. The number of aliphatic hydroxyl groups is 1. The van der Waals surface area contributed by atoms with Gasteiger partial charge in [-0.25, -0.2) is 0 Å². The molecule has 2 heterocycles. The third-order valence-electron chi connectivity index (χ3n) is 7.43. The molecule has 1 unspecified atom stereocenters. The number of morpholine rings is 1. The molecule has 1 aromatic heterocycles. The molecule has 1 fully saturated rings. The topological polar surface area (TPSA) is 93.0 Å². The molecule has 0 radical (unpaired) electrons. The van der Waals surface area contributed by atoms with Crippen molar-refractivity contribution in [3.8, 4) is 0 Å². The van der Waals surface area contributed by atoms with Crippen LogP contribution in [-0.4, -0.2) is 72.5 Å². The van der Waals surface area contributed by atoms with Crippen molar-refractivity contribution < 1.29 is 24.2 Å². The molecule has 1 aliphatic heterocycles. The number of nitrogens with zero attached hydrogens (tertiary/aromatic N) is 2. The maximum atomic E-state index is 13.3. The van der Waals surface area contributed by atoms with Crippen molar-refractivity contribution in [3.05, 3.63) is 69.9 Å². The minimum Gasteiger partial charge on any atom is -0.466 e. The van der Waals surface area contributed by atoms with Crippen molar-refractivity contribution in [1.29, 1.82) is 0 Å². The van der Waals surface area contributed by atoms with Crippen LogP contribution in [0.5, 0.6) is 0 Å². The first kappa shape index (κ1) is 29.1. The molecule has 2 atom stereocenters. The van der Waals surface area contributed by atoms with Gasteiger partial charge in [-0.2, -0.15) is 0 Å². The van der Waals surface area contributed by atoms with Crippen LogP contribution in [0.4, 0.5) is 0 Å². The van der Waals surface area contributed by atoms with Crippen molar-refractivity contribution in [2.45, 2.75) is 38.6 Å². The zero-order valence-electron chi connectivity index (χ0n) is 22.9. The van der Waals surface area contributed by atoms with Crippen molar-refractivity contribution in [2.75, 3.05) is 46.1 Å². The molecule has 8 nitrogen and oxygen atoms in total. The van der Waals surface area contributed by atoms with E-state index in [0.717, 1.165) is 66.9 Å². The predicted molar refractivity (Wildman–Crippen MR) is 152 cm³/mol. The maximum Gasteiger partial charge on any atom is 0.313 e. The number of hydrogen-bond acceptors (Lipinski definition) is 6. The Bertz CT molecular complexity index is 1280. The second-order valence-electron chi connectivity index (χ2n) is 9.89. The number of benzene rings is 2. The number of carbonyl (C=O) groups excluding carboxylic acids is 2. The Hall–Kier alpha value is -2.91. The van der Waals surface area contributed by atoms with E-state index >= 15 is 0 Å². The van der Waals surface area contributed by atoms with Gasteiger partial charge < -0.3 is 24.5 Å². The highest BCUT2D eigenvalue weighted by atomic mass is 35.5. The van der Waals surface area contributed by atoms with Gasteiger partial charge in [0.15, 0.2) is 0 Å². The molecule has 4 rings (SSSR count). The molecule has 1 saturated heterocycles. The van der Waals surface area contributed by atoms with Crippen LogP contribution in [0.1, 0.15) is 59.4 Å². The number of aliphatic hydroxyl groups excluding tert-OH is 1. The first-order chi connectivity index (χ1) is 18.9. The lowest BCUT2D eigenvalue weighted by Crippen LogP contribution is -2.37. The number of aryl methyl sites for hydroxylation is 1. The molecule has 1 amide bonds. The zero-order valence-corrected chi connectivity index (χ0v) is 23.7. The minimum atomic E-state index is -0.605.